The molecule has 0 heterocycles. The summed E-state index contributed by atoms with van der Waals surface area (Å²) in [6, 6.07) is 8.28. The summed E-state index contributed by atoms with van der Waals surface area (Å²) in [5.41, 5.74) is 6.91. The molecule has 0 aliphatic heterocycles. The Hall–Kier alpha value is -0.510. The number of benzene rings is 1. The molecule has 3 heteroatoms. The molecule has 0 fully saturated rings. The Morgan fingerprint density at radius 1 is 1.13 bits per heavy atom. The molecule has 84 valence electrons. The summed E-state index contributed by atoms with van der Waals surface area (Å²) in [5.74, 6) is 0. The van der Waals surface area contributed by atoms with E-state index in [1.807, 2.05) is 32.9 Å². The van der Waals surface area contributed by atoms with Crippen molar-refractivity contribution < 1.29 is 5.11 Å². The molecule has 15 heavy (non-hydrogen) atoms. The molecule has 3 N–H and O–H groups in total. The summed E-state index contributed by atoms with van der Waals surface area (Å²) in [4.78, 5) is 1.17. The van der Waals surface area contributed by atoms with Crippen LogP contribution >= 0.6 is 11.8 Å². The van der Waals surface area contributed by atoms with Gasteiger partial charge >= 0.3 is 0 Å². The average Bonchev–Trinajstić information content (AvgIpc) is 2.18. The van der Waals surface area contributed by atoms with Crippen molar-refractivity contribution in [2.24, 2.45) is 5.73 Å². The summed E-state index contributed by atoms with van der Waals surface area (Å²) >= 11 is 1.68. The van der Waals surface area contributed by atoms with Crippen LogP contribution < -0.4 is 5.73 Å². The van der Waals surface area contributed by atoms with Crippen molar-refractivity contribution in [3.63, 3.8) is 0 Å². The van der Waals surface area contributed by atoms with Crippen LogP contribution in [0.1, 0.15) is 32.4 Å². The summed E-state index contributed by atoms with van der Waals surface area (Å²) in [6.07, 6.45) is -0.289. The maximum Gasteiger partial charge on any atom is 0.0631 e. The van der Waals surface area contributed by atoms with Crippen LogP contribution in [0.4, 0.5) is 0 Å². The van der Waals surface area contributed by atoms with Crippen molar-refractivity contribution in [1.82, 2.24) is 0 Å². The molecule has 1 rings (SSSR count). The van der Waals surface area contributed by atoms with E-state index in [0.717, 1.165) is 5.56 Å². The number of hydrogen-bond donors (Lipinski definition) is 2. The lowest BCUT2D eigenvalue weighted by Crippen LogP contribution is -2.14. The van der Waals surface area contributed by atoms with Gasteiger partial charge in [-0.15, -0.1) is 11.8 Å². The fraction of sp³-hybridized carbons (Fsp3) is 0.500. The summed E-state index contributed by atoms with van der Waals surface area (Å²) in [7, 11) is 0. The van der Waals surface area contributed by atoms with Gasteiger partial charge in [0.05, 0.1) is 6.10 Å². The summed E-state index contributed by atoms with van der Waals surface area (Å²) in [5, 5.41) is 9.60. The van der Waals surface area contributed by atoms with Gasteiger partial charge < -0.3 is 10.8 Å². The van der Waals surface area contributed by atoms with Crippen LogP contribution in [0, 0.1) is 0 Å². The zero-order chi connectivity index (χ0) is 11.4. The molecular formula is C12H19NOS. The molecule has 2 unspecified atom stereocenters. The van der Waals surface area contributed by atoms with Gasteiger partial charge in [0.25, 0.3) is 0 Å². The Morgan fingerprint density at radius 3 is 2.07 bits per heavy atom. The van der Waals surface area contributed by atoms with Crippen LogP contribution in [0.3, 0.4) is 0 Å². The van der Waals surface area contributed by atoms with Crippen molar-refractivity contribution >= 4 is 11.8 Å². The van der Waals surface area contributed by atoms with Crippen molar-refractivity contribution in [2.75, 3.05) is 0 Å². The molecule has 0 aliphatic carbocycles. The third-order valence-electron chi connectivity index (χ3n) is 2.41. The first kappa shape index (κ1) is 12.6. The van der Waals surface area contributed by atoms with E-state index in [1.54, 1.807) is 11.8 Å². The summed E-state index contributed by atoms with van der Waals surface area (Å²) in [6.45, 7) is 5.81. The molecule has 0 bridgehead atoms. The molecule has 0 amide bonds. The topological polar surface area (TPSA) is 46.2 Å². The first-order chi connectivity index (χ1) is 7.00. The predicted octanol–water partition coefficient (Wildman–Crippen LogP) is 2.57. The van der Waals surface area contributed by atoms with E-state index in [1.165, 1.54) is 4.90 Å². The van der Waals surface area contributed by atoms with E-state index in [0.29, 0.717) is 0 Å². The lowest BCUT2D eigenvalue weighted by molar-refractivity contribution is 0.196. The molecule has 0 spiro atoms. The third-order valence-corrected chi connectivity index (χ3v) is 3.72. The zero-order valence-electron chi connectivity index (χ0n) is 9.47. The van der Waals surface area contributed by atoms with Gasteiger partial charge in [-0.25, -0.2) is 0 Å². The van der Waals surface area contributed by atoms with E-state index in [9.17, 15) is 5.11 Å². The normalized spacial score (nSPS) is 17.1. The molecular weight excluding hydrogens is 206 g/mol. The Balaban J connectivity index is 2.64. The van der Waals surface area contributed by atoms with Gasteiger partial charge in [-0.3, -0.25) is 0 Å². The van der Waals surface area contributed by atoms with Crippen LogP contribution in [-0.2, 0) is 0 Å². The number of hydrogen-bond acceptors (Lipinski definition) is 3. The monoisotopic (exact) mass is 225 g/mol. The molecule has 0 radical (unpaired) electrons. The van der Waals surface area contributed by atoms with Gasteiger partial charge in [0.1, 0.15) is 0 Å². The quantitative estimate of drug-likeness (QED) is 0.774. The molecule has 1 aromatic rings. The van der Waals surface area contributed by atoms with Gasteiger partial charge in [0, 0.05) is 16.2 Å². The maximum absolute atomic E-state index is 9.38. The van der Waals surface area contributed by atoms with Crippen molar-refractivity contribution in [1.29, 1.82) is 0 Å². The first-order valence-electron chi connectivity index (χ1n) is 5.21. The molecule has 3 atom stereocenters. The van der Waals surface area contributed by atoms with E-state index in [2.05, 4.69) is 12.1 Å². The number of rotatable bonds is 4. The highest BCUT2D eigenvalue weighted by atomic mass is 32.2. The SMILES string of the molecule is CC(O)C(C)Sc1ccc([C@H](C)N)cc1. The van der Waals surface area contributed by atoms with Crippen LogP contribution in [0.5, 0.6) is 0 Å². The van der Waals surface area contributed by atoms with Gasteiger partial charge in [-0.05, 0) is 31.5 Å². The van der Waals surface area contributed by atoms with E-state index in [-0.39, 0.29) is 17.4 Å². The predicted molar refractivity (Wildman–Crippen MR) is 66.0 cm³/mol. The standard InChI is InChI=1S/C12H19NOS/c1-8(13)11-4-6-12(7-5-11)15-10(3)9(2)14/h4-10,14H,13H2,1-3H3/t8-,9?,10?/m0/s1. The highest BCUT2D eigenvalue weighted by molar-refractivity contribution is 8.00. The van der Waals surface area contributed by atoms with Crippen LogP contribution in [0.2, 0.25) is 0 Å². The minimum atomic E-state index is -0.289. The van der Waals surface area contributed by atoms with Crippen LogP contribution in [0.15, 0.2) is 29.2 Å². The van der Waals surface area contributed by atoms with Crippen LogP contribution in [-0.4, -0.2) is 16.5 Å². The molecule has 0 aliphatic rings. The first-order valence-corrected chi connectivity index (χ1v) is 6.09. The second-order valence-electron chi connectivity index (χ2n) is 3.92. The molecule has 1 aromatic carbocycles. The lowest BCUT2D eigenvalue weighted by Gasteiger charge is -2.14. The fourth-order valence-corrected chi connectivity index (χ4v) is 2.08. The fourth-order valence-electron chi connectivity index (χ4n) is 1.16. The highest BCUT2D eigenvalue weighted by Gasteiger charge is 2.10. The second-order valence-corrected chi connectivity index (χ2v) is 5.37. The van der Waals surface area contributed by atoms with Crippen molar-refractivity contribution in [3.05, 3.63) is 29.8 Å². The minimum Gasteiger partial charge on any atom is -0.392 e. The Bertz CT molecular complexity index is 295. The van der Waals surface area contributed by atoms with E-state index < -0.39 is 0 Å². The molecule has 2 nitrogen and oxygen atoms in total. The minimum absolute atomic E-state index is 0.0817. The van der Waals surface area contributed by atoms with Gasteiger partial charge in [0.15, 0.2) is 0 Å². The van der Waals surface area contributed by atoms with Crippen molar-refractivity contribution in [3.8, 4) is 0 Å². The molecule has 0 saturated carbocycles. The third kappa shape index (κ3) is 3.86. The number of aliphatic hydroxyl groups excluding tert-OH is 1. The molecule has 0 aromatic heterocycles. The largest absolute Gasteiger partial charge is 0.392 e. The Labute approximate surface area is 95.9 Å². The zero-order valence-corrected chi connectivity index (χ0v) is 10.3. The van der Waals surface area contributed by atoms with Gasteiger partial charge in [0.2, 0.25) is 0 Å². The van der Waals surface area contributed by atoms with Crippen molar-refractivity contribution in [2.45, 2.75) is 43.1 Å². The molecule has 0 saturated heterocycles. The second kappa shape index (κ2) is 5.54. The number of nitrogens with two attached hydrogens (primary N) is 1. The highest BCUT2D eigenvalue weighted by Crippen LogP contribution is 2.26. The smallest absolute Gasteiger partial charge is 0.0631 e. The lowest BCUT2D eigenvalue weighted by atomic mass is 10.1. The Kier molecular flexibility index (Phi) is 4.64. The summed E-state index contributed by atoms with van der Waals surface area (Å²) < 4.78 is 0. The average molecular weight is 225 g/mol. The Morgan fingerprint density at radius 2 is 1.67 bits per heavy atom. The maximum atomic E-state index is 9.38. The van der Waals surface area contributed by atoms with E-state index >= 15 is 0 Å². The van der Waals surface area contributed by atoms with Gasteiger partial charge in [-0.2, -0.15) is 0 Å². The van der Waals surface area contributed by atoms with Crippen LogP contribution in [0.25, 0.3) is 0 Å². The van der Waals surface area contributed by atoms with Gasteiger partial charge in [-0.1, -0.05) is 19.1 Å². The number of thioether (sulfide) groups is 1. The van der Waals surface area contributed by atoms with E-state index in [4.69, 9.17) is 5.73 Å². The number of aliphatic hydroxyl groups is 1.